The number of carbonyl (C=O) groups excluding carboxylic acids is 1. The molecular formula is C15H20N2O2. The molecule has 0 aliphatic heterocycles. The van der Waals surface area contributed by atoms with E-state index in [0.29, 0.717) is 6.42 Å². The van der Waals surface area contributed by atoms with Crippen molar-refractivity contribution >= 4 is 5.91 Å². The lowest BCUT2D eigenvalue weighted by molar-refractivity contribution is -0.118. The normalized spacial score (nSPS) is 9.84. The van der Waals surface area contributed by atoms with E-state index in [4.69, 9.17) is 16.9 Å². The van der Waals surface area contributed by atoms with Crippen LogP contribution in [0, 0.1) is 12.3 Å². The van der Waals surface area contributed by atoms with Gasteiger partial charge in [-0.05, 0) is 25.5 Å². The zero-order valence-corrected chi connectivity index (χ0v) is 11.0. The lowest BCUT2D eigenvalue weighted by Gasteiger charge is -2.10. The highest BCUT2D eigenvalue weighted by Gasteiger charge is 2.01. The second-order valence-corrected chi connectivity index (χ2v) is 4.20. The summed E-state index contributed by atoms with van der Waals surface area (Å²) in [6.07, 6.45) is 7.37. The quantitative estimate of drug-likeness (QED) is 0.521. The molecule has 0 atom stereocenters. The number of hydrogen-bond donors (Lipinski definition) is 2. The Morgan fingerprint density at radius 1 is 1.37 bits per heavy atom. The Balaban J connectivity index is 2.28. The van der Waals surface area contributed by atoms with Gasteiger partial charge in [0, 0.05) is 18.5 Å². The molecule has 4 nitrogen and oxygen atoms in total. The molecule has 0 aliphatic rings. The molecule has 0 unspecified atom stereocenters. The van der Waals surface area contributed by atoms with Gasteiger partial charge in [0.1, 0.15) is 12.4 Å². The van der Waals surface area contributed by atoms with Crippen LogP contribution in [0.2, 0.25) is 0 Å². The topological polar surface area (TPSA) is 64.3 Å². The van der Waals surface area contributed by atoms with E-state index >= 15 is 0 Å². The average Bonchev–Trinajstić information content (AvgIpc) is 2.41. The smallest absolute Gasteiger partial charge is 0.217 e. The van der Waals surface area contributed by atoms with Crippen molar-refractivity contribution in [3.8, 4) is 18.1 Å². The highest BCUT2D eigenvalue weighted by molar-refractivity contribution is 5.73. The lowest BCUT2D eigenvalue weighted by Crippen LogP contribution is -2.16. The molecule has 0 fully saturated rings. The van der Waals surface area contributed by atoms with E-state index in [1.807, 2.05) is 24.3 Å². The van der Waals surface area contributed by atoms with E-state index in [2.05, 4.69) is 11.2 Å². The third-order valence-corrected chi connectivity index (χ3v) is 2.63. The van der Waals surface area contributed by atoms with Gasteiger partial charge in [0.15, 0.2) is 0 Å². The summed E-state index contributed by atoms with van der Waals surface area (Å²) in [6.45, 7) is 1.84. The van der Waals surface area contributed by atoms with Crippen molar-refractivity contribution in [3.63, 3.8) is 0 Å². The average molecular weight is 260 g/mol. The fraction of sp³-hybridized carbons (Fsp3) is 0.400. The molecule has 0 saturated heterocycles. The Morgan fingerprint density at radius 2 is 2.16 bits per heavy atom. The van der Waals surface area contributed by atoms with Crippen molar-refractivity contribution in [1.82, 2.24) is 5.32 Å². The predicted molar refractivity (Wildman–Crippen MR) is 75.5 cm³/mol. The van der Waals surface area contributed by atoms with Gasteiger partial charge in [-0.1, -0.05) is 24.1 Å². The molecule has 1 amide bonds. The van der Waals surface area contributed by atoms with Gasteiger partial charge in [-0.15, -0.1) is 6.42 Å². The fourth-order valence-electron chi connectivity index (χ4n) is 1.68. The summed E-state index contributed by atoms with van der Waals surface area (Å²) in [5, 5.41) is 3.31. The predicted octanol–water partition coefficient (Wildman–Crippen LogP) is 1.44. The van der Waals surface area contributed by atoms with Crippen LogP contribution in [0.4, 0.5) is 0 Å². The number of nitrogens with one attached hydrogen (secondary N) is 1. The van der Waals surface area contributed by atoms with Gasteiger partial charge in [-0.3, -0.25) is 4.79 Å². The van der Waals surface area contributed by atoms with Crippen molar-refractivity contribution in [1.29, 1.82) is 0 Å². The Hall–Kier alpha value is -1.99. The van der Waals surface area contributed by atoms with Gasteiger partial charge in [-0.2, -0.15) is 0 Å². The van der Waals surface area contributed by atoms with E-state index in [1.165, 1.54) is 0 Å². The maximum absolute atomic E-state index is 10.6. The summed E-state index contributed by atoms with van der Waals surface area (Å²) < 4.78 is 5.46. The first kappa shape index (κ1) is 15.1. The zero-order valence-electron chi connectivity index (χ0n) is 11.0. The van der Waals surface area contributed by atoms with E-state index in [-0.39, 0.29) is 12.5 Å². The maximum Gasteiger partial charge on any atom is 0.217 e. The standard InChI is InChI=1S/C15H20N2O2/c1-2-11-19-14-8-4-3-7-13(14)12-17-10-6-5-9-15(16)18/h1,3-4,7-8,17H,5-6,9-12H2,(H2,16,18). The van der Waals surface area contributed by atoms with Crippen molar-refractivity contribution in [2.75, 3.05) is 13.2 Å². The second kappa shape index (κ2) is 9.01. The van der Waals surface area contributed by atoms with Crippen LogP contribution in [0.1, 0.15) is 24.8 Å². The summed E-state index contributed by atoms with van der Waals surface area (Å²) in [5.41, 5.74) is 6.15. The Bertz CT molecular complexity index is 438. The van der Waals surface area contributed by atoms with Gasteiger partial charge in [-0.25, -0.2) is 0 Å². The fourth-order valence-corrected chi connectivity index (χ4v) is 1.68. The third kappa shape index (κ3) is 6.49. The van der Waals surface area contributed by atoms with Crippen molar-refractivity contribution in [2.45, 2.75) is 25.8 Å². The van der Waals surface area contributed by atoms with E-state index < -0.39 is 0 Å². The number of ether oxygens (including phenoxy) is 1. The summed E-state index contributed by atoms with van der Waals surface area (Å²) >= 11 is 0. The number of amides is 1. The highest BCUT2D eigenvalue weighted by atomic mass is 16.5. The first-order valence-corrected chi connectivity index (χ1v) is 6.37. The summed E-state index contributed by atoms with van der Waals surface area (Å²) in [5.74, 6) is 3.02. The number of terminal acetylenes is 1. The molecule has 0 spiro atoms. The van der Waals surface area contributed by atoms with E-state index in [1.54, 1.807) is 0 Å². The monoisotopic (exact) mass is 260 g/mol. The minimum Gasteiger partial charge on any atom is -0.481 e. The highest BCUT2D eigenvalue weighted by Crippen LogP contribution is 2.17. The number of benzene rings is 1. The van der Waals surface area contributed by atoms with Crippen LogP contribution in [0.25, 0.3) is 0 Å². The number of nitrogens with two attached hydrogens (primary N) is 1. The SMILES string of the molecule is C#CCOc1ccccc1CNCCCCC(N)=O. The van der Waals surface area contributed by atoms with Crippen LogP contribution in [-0.2, 0) is 11.3 Å². The molecule has 3 N–H and O–H groups in total. The number of para-hydroxylation sites is 1. The zero-order chi connectivity index (χ0) is 13.9. The van der Waals surface area contributed by atoms with Crippen molar-refractivity contribution in [2.24, 2.45) is 5.73 Å². The first-order valence-electron chi connectivity index (χ1n) is 6.37. The summed E-state index contributed by atoms with van der Waals surface area (Å²) in [7, 11) is 0. The Morgan fingerprint density at radius 3 is 2.89 bits per heavy atom. The lowest BCUT2D eigenvalue weighted by atomic mass is 10.2. The Kier molecular flexibility index (Phi) is 7.14. The van der Waals surface area contributed by atoms with Gasteiger partial charge in [0.05, 0.1) is 0 Å². The molecule has 4 heteroatoms. The number of primary amides is 1. The van der Waals surface area contributed by atoms with Crippen LogP contribution < -0.4 is 15.8 Å². The van der Waals surface area contributed by atoms with Crippen LogP contribution in [0.15, 0.2) is 24.3 Å². The number of rotatable bonds is 9. The molecule has 0 saturated carbocycles. The molecule has 1 aromatic rings. The van der Waals surface area contributed by atoms with Gasteiger partial charge >= 0.3 is 0 Å². The number of unbranched alkanes of at least 4 members (excludes halogenated alkanes) is 1. The van der Waals surface area contributed by atoms with Gasteiger partial charge < -0.3 is 15.8 Å². The molecule has 19 heavy (non-hydrogen) atoms. The van der Waals surface area contributed by atoms with Gasteiger partial charge in [0.2, 0.25) is 5.91 Å². The molecular weight excluding hydrogens is 240 g/mol. The van der Waals surface area contributed by atoms with Crippen LogP contribution in [0.3, 0.4) is 0 Å². The molecule has 102 valence electrons. The van der Waals surface area contributed by atoms with Gasteiger partial charge in [0.25, 0.3) is 0 Å². The molecule has 0 radical (unpaired) electrons. The van der Waals surface area contributed by atoms with E-state index in [0.717, 1.165) is 37.2 Å². The minimum absolute atomic E-state index is 0.243. The summed E-state index contributed by atoms with van der Waals surface area (Å²) in [6, 6.07) is 7.79. The molecule has 0 bridgehead atoms. The molecule has 1 rings (SSSR count). The van der Waals surface area contributed by atoms with E-state index in [9.17, 15) is 4.79 Å². The largest absolute Gasteiger partial charge is 0.481 e. The summed E-state index contributed by atoms with van der Waals surface area (Å²) in [4.78, 5) is 10.6. The first-order chi connectivity index (χ1) is 9.24. The van der Waals surface area contributed by atoms with Crippen LogP contribution in [-0.4, -0.2) is 19.1 Å². The molecule has 0 heterocycles. The second-order valence-electron chi connectivity index (χ2n) is 4.20. The minimum atomic E-state index is -0.243. The van der Waals surface area contributed by atoms with Crippen LogP contribution >= 0.6 is 0 Å². The molecule has 0 aliphatic carbocycles. The Labute approximate surface area is 114 Å². The molecule has 1 aromatic carbocycles. The third-order valence-electron chi connectivity index (χ3n) is 2.63. The molecule has 0 aromatic heterocycles. The van der Waals surface area contributed by atoms with Crippen LogP contribution in [0.5, 0.6) is 5.75 Å². The number of carbonyl (C=O) groups is 1. The van der Waals surface area contributed by atoms with Crippen molar-refractivity contribution in [3.05, 3.63) is 29.8 Å². The maximum atomic E-state index is 10.6. The van der Waals surface area contributed by atoms with Crippen molar-refractivity contribution < 1.29 is 9.53 Å². The number of hydrogen-bond acceptors (Lipinski definition) is 3.